The first-order valence-electron chi connectivity index (χ1n) is 6.71. The predicted octanol–water partition coefficient (Wildman–Crippen LogP) is 2.35. The number of unbranched alkanes of at least 4 members (excludes halogenated alkanes) is 1. The fourth-order valence-corrected chi connectivity index (χ4v) is 3.13. The van der Waals surface area contributed by atoms with E-state index >= 15 is 0 Å². The molecular weight excluding hydrogens is 184 g/mol. The van der Waals surface area contributed by atoms with Crippen molar-refractivity contribution in [1.82, 2.24) is 9.80 Å². The first-order valence-corrected chi connectivity index (χ1v) is 6.71. The van der Waals surface area contributed by atoms with Crippen molar-refractivity contribution in [2.24, 2.45) is 0 Å². The van der Waals surface area contributed by atoms with Crippen molar-refractivity contribution >= 4 is 0 Å². The number of fused-ring (bicyclic) bond motifs is 1. The summed E-state index contributed by atoms with van der Waals surface area (Å²) in [7, 11) is 0. The van der Waals surface area contributed by atoms with Gasteiger partial charge in [0.25, 0.3) is 0 Å². The molecule has 2 nitrogen and oxygen atoms in total. The van der Waals surface area contributed by atoms with Crippen molar-refractivity contribution < 1.29 is 0 Å². The normalized spacial score (nSPS) is 36.6. The van der Waals surface area contributed by atoms with Gasteiger partial charge in [0.2, 0.25) is 0 Å². The van der Waals surface area contributed by atoms with Gasteiger partial charge in [-0.1, -0.05) is 20.3 Å². The van der Waals surface area contributed by atoms with Gasteiger partial charge in [0.1, 0.15) is 0 Å². The standard InChI is InChI=1S/C13H26N2/c1-4-6-8-15-10-9-14(7-5-2)12-11-13(12,15)3/h12H,4-11H2,1-3H3/t12-,13?/m1/s1. The molecule has 2 fully saturated rings. The van der Waals surface area contributed by atoms with Crippen LogP contribution in [0.5, 0.6) is 0 Å². The molecule has 88 valence electrons. The van der Waals surface area contributed by atoms with E-state index in [0.29, 0.717) is 5.54 Å². The molecule has 0 radical (unpaired) electrons. The zero-order chi connectivity index (χ0) is 10.9. The maximum atomic E-state index is 2.74. The Bertz CT molecular complexity index is 217. The molecule has 1 saturated heterocycles. The van der Waals surface area contributed by atoms with Crippen LogP contribution in [0.3, 0.4) is 0 Å². The minimum atomic E-state index is 0.544. The Morgan fingerprint density at radius 3 is 2.60 bits per heavy atom. The van der Waals surface area contributed by atoms with E-state index in [1.807, 2.05) is 0 Å². The molecule has 15 heavy (non-hydrogen) atoms. The molecular formula is C13H26N2. The van der Waals surface area contributed by atoms with E-state index in [4.69, 9.17) is 0 Å². The van der Waals surface area contributed by atoms with Crippen molar-refractivity contribution in [1.29, 1.82) is 0 Å². The van der Waals surface area contributed by atoms with Crippen LogP contribution in [0, 0.1) is 0 Å². The van der Waals surface area contributed by atoms with Crippen molar-refractivity contribution in [3.8, 4) is 0 Å². The maximum absolute atomic E-state index is 2.74. The molecule has 2 heteroatoms. The lowest BCUT2D eigenvalue weighted by molar-refractivity contribution is 0.0786. The van der Waals surface area contributed by atoms with Crippen LogP contribution in [0.15, 0.2) is 0 Å². The van der Waals surface area contributed by atoms with E-state index in [9.17, 15) is 0 Å². The van der Waals surface area contributed by atoms with E-state index in [1.54, 1.807) is 0 Å². The smallest absolute Gasteiger partial charge is 0.0353 e. The van der Waals surface area contributed by atoms with Crippen LogP contribution >= 0.6 is 0 Å². The van der Waals surface area contributed by atoms with E-state index in [-0.39, 0.29) is 0 Å². The highest BCUT2D eigenvalue weighted by atomic mass is 15.4. The lowest BCUT2D eigenvalue weighted by Crippen LogP contribution is -2.52. The fraction of sp³-hybridized carbons (Fsp3) is 1.00. The molecule has 1 aliphatic heterocycles. The monoisotopic (exact) mass is 210 g/mol. The van der Waals surface area contributed by atoms with Gasteiger partial charge in [-0.15, -0.1) is 0 Å². The van der Waals surface area contributed by atoms with Crippen molar-refractivity contribution in [3.63, 3.8) is 0 Å². The molecule has 2 atom stereocenters. The SMILES string of the molecule is CCCCN1CCN(CCC)[C@@H]2CC21C. The summed E-state index contributed by atoms with van der Waals surface area (Å²) in [5, 5.41) is 0. The van der Waals surface area contributed by atoms with Gasteiger partial charge in [-0.3, -0.25) is 9.80 Å². The topological polar surface area (TPSA) is 6.48 Å². The summed E-state index contributed by atoms with van der Waals surface area (Å²) in [6, 6.07) is 0.878. The Balaban J connectivity index is 1.88. The van der Waals surface area contributed by atoms with Gasteiger partial charge in [0, 0.05) is 24.7 Å². The molecule has 2 rings (SSSR count). The Morgan fingerprint density at radius 1 is 1.13 bits per heavy atom. The summed E-state index contributed by atoms with van der Waals surface area (Å²) in [5.74, 6) is 0. The zero-order valence-electron chi connectivity index (χ0n) is 10.6. The van der Waals surface area contributed by atoms with Crippen LogP contribution < -0.4 is 0 Å². The maximum Gasteiger partial charge on any atom is 0.0353 e. The Kier molecular flexibility index (Phi) is 3.36. The zero-order valence-corrected chi connectivity index (χ0v) is 10.6. The molecule has 0 spiro atoms. The third-order valence-electron chi connectivity index (χ3n) is 4.28. The number of hydrogen-bond acceptors (Lipinski definition) is 2. The molecule has 1 unspecified atom stereocenters. The molecule has 0 amide bonds. The van der Waals surface area contributed by atoms with Crippen molar-refractivity contribution in [3.05, 3.63) is 0 Å². The van der Waals surface area contributed by atoms with E-state index in [2.05, 4.69) is 30.6 Å². The molecule has 0 N–H and O–H groups in total. The van der Waals surface area contributed by atoms with Crippen LogP contribution in [0.2, 0.25) is 0 Å². The number of hydrogen-bond donors (Lipinski definition) is 0. The average molecular weight is 210 g/mol. The van der Waals surface area contributed by atoms with Crippen molar-refractivity contribution in [2.45, 2.75) is 58.0 Å². The van der Waals surface area contributed by atoms with E-state index in [1.165, 1.54) is 51.9 Å². The van der Waals surface area contributed by atoms with Crippen LogP contribution in [-0.2, 0) is 0 Å². The molecule has 2 aliphatic rings. The van der Waals surface area contributed by atoms with Gasteiger partial charge in [-0.05, 0) is 39.3 Å². The minimum absolute atomic E-state index is 0.544. The number of piperazine rings is 1. The molecule has 1 aliphatic carbocycles. The third kappa shape index (κ3) is 2.07. The second kappa shape index (κ2) is 4.42. The highest BCUT2D eigenvalue weighted by Gasteiger charge is 2.58. The predicted molar refractivity (Wildman–Crippen MR) is 65.2 cm³/mol. The van der Waals surface area contributed by atoms with E-state index in [0.717, 1.165) is 6.04 Å². The molecule has 1 saturated carbocycles. The van der Waals surface area contributed by atoms with Gasteiger partial charge in [0.05, 0.1) is 0 Å². The van der Waals surface area contributed by atoms with Gasteiger partial charge < -0.3 is 0 Å². The number of nitrogens with zero attached hydrogens (tertiary/aromatic N) is 2. The molecule has 0 aromatic rings. The molecule has 0 bridgehead atoms. The summed E-state index contributed by atoms with van der Waals surface area (Å²) in [4.78, 5) is 5.45. The highest BCUT2D eigenvalue weighted by molar-refractivity contribution is 5.17. The quantitative estimate of drug-likeness (QED) is 0.687. The second-order valence-corrected chi connectivity index (χ2v) is 5.45. The van der Waals surface area contributed by atoms with Crippen molar-refractivity contribution in [2.75, 3.05) is 26.2 Å². The molecule has 1 heterocycles. The molecule has 0 aromatic carbocycles. The number of rotatable bonds is 5. The Labute approximate surface area is 94.6 Å². The van der Waals surface area contributed by atoms with Crippen LogP contribution in [0.25, 0.3) is 0 Å². The summed E-state index contributed by atoms with van der Waals surface area (Å²) < 4.78 is 0. The Hall–Kier alpha value is -0.0800. The minimum Gasteiger partial charge on any atom is -0.297 e. The van der Waals surface area contributed by atoms with Gasteiger partial charge in [-0.25, -0.2) is 0 Å². The lowest BCUT2D eigenvalue weighted by Gasteiger charge is -2.39. The first-order chi connectivity index (χ1) is 7.22. The van der Waals surface area contributed by atoms with Crippen LogP contribution in [0.1, 0.15) is 46.5 Å². The average Bonchev–Trinajstić information content (AvgIpc) is 2.91. The van der Waals surface area contributed by atoms with Crippen LogP contribution in [0.4, 0.5) is 0 Å². The third-order valence-corrected chi connectivity index (χ3v) is 4.28. The van der Waals surface area contributed by atoms with Gasteiger partial charge in [0.15, 0.2) is 0 Å². The first kappa shape index (κ1) is 11.4. The molecule has 0 aromatic heterocycles. The summed E-state index contributed by atoms with van der Waals surface area (Å²) >= 11 is 0. The lowest BCUT2D eigenvalue weighted by atomic mass is 10.1. The van der Waals surface area contributed by atoms with Gasteiger partial charge >= 0.3 is 0 Å². The highest BCUT2D eigenvalue weighted by Crippen LogP contribution is 2.47. The summed E-state index contributed by atoms with van der Waals surface area (Å²) in [5.41, 5.74) is 0.544. The largest absolute Gasteiger partial charge is 0.297 e. The summed E-state index contributed by atoms with van der Waals surface area (Å²) in [6.07, 6.45) is 5.42. The summed E-state index contributed by atoms with van der Waals surface area (Å²) in [6.45, 7) is 12.3. The Morgan fingerprint density at radius 2 is 1.93 bits per heavy atom. The second-order valence-electron chi connectivity index (χ2n) is 5.45. The van der Waals surface area contributed by atoms with E-state index < -0.39 is 0 Å². The van der Waals surface area contributed by atoms with Gasteiger partial charge in [-0.2, -0.15) is 0 Å². The fourth-order valence-electron chi connectivity index (χ4n) is 3.13. The van der Waals surface area contributed by atoms with Crippen LogP contribution in [-0.4, -0.2) is 47.6 Å².